The van der Waals surface area contributed by atoms with Gasteiger partial charge in [-0.15, -0.1) is 0 Å². The minimum Gasteiger partial charge on any atom is -0.379 e. The lowest BCUT2D eigenvalue weighted by molar-refractivity contribution is 0.0368. The zero-order valence-corrected chi connectivity index (χ0v) is 16.6. The van der Waals surface area contributed by atoms with Crippen molar-refractivity contribution in [2.24, 2.45) is 0 Å². The van der Waals surface area contributed by atoms with Crippen LogP contribution in [0, 0.1) is 0 Å². The van der Waals surface area contributed by atoms with Crippen LogP contribution in [0.5, 0.6) is 0 Å². The van der Waals surface area contributed by atoms with Crippen LogP contribution in [0.1, 0.15) is 55.0 Å². The molecule has 0 radical (unpaired) electrons. The van der Waals surface area contributed by atoms with Gasteiger partial charge in [0, 0.05) is 37.1 Å². The smallest absolute Gasteiger partial charge is 0.253 e. The summed E-state index contributed by atoms with van der Waals surface area (Å²) >= 11 is 0. The maximum atomic E-state index is 12.7. The largest absolute Gasteiger partial charge is 0.379 e. The average molecular weight is 386 g/mol. The first kappa shape index (κ1) is 18.3. The van der Waals surface area contributed by atoms with Crippen molar-refractivity contribution in [3.63, 3.8) is 0 Å². The van der Waals surface area contributed by atoms with Crippen LogP contribution in [0.4, 0.5) is 0 Å². The molecule has 0 amide bonds. The number of rotatable bonds is 5. The van der Waals surface area contributed by atoms with Gasteiger partial charge in [-0.1, -0.05) is 0 Å². The van der Waals surface area contributed by atoms with Crippen LogP contribution in [0.3, 0.4) is 0 Å². The summed E-state index contributed by atoms with van der Waals surface area (Å²) in [5.74, 6) is 0. The van der Waals surface area contributed by atoms with Gasteiger partial charge < -0.3 is 15.0 Å². The fraction of sp³-hybridized carbons (Fsp3) is 0.714. The van der Waals surface area contributed by atoms with Crippen LogP contribution in [-0.2, 0) is 24.1 Å². The Hall–Kier alpha value is -1.70. The van der Waals surface area contributed by atoms with Crippen molar-refractivity contribution >= 4 is 11.0 Å². The maximum absolute atomic E-state index is 12.7. The molecule has 2 saturated heterocycles. The van der Waals surface area contributed by atoms with Gasteiger partial charge in [0.2, 0.25) is 0 Å². The molecule has 28 heavy (non-hydrogen) atoms. The summed E-state index contributed by atoms with van der Waals surface area (Å²) in [6.45, 7) is 6.65. The van der Waals surface area contributed by atoms with Crippen LogP contribution in [0.2, 0.25) is 0 Å². The van der Waals surface area contributed by atoms with E-state index in [1.807, 2.05) is 0 Å². The molecule has 0 bridgehead atoms. The van der Waals surface area contributed by atoms with E-state index in [0.717, 1.165) is 94.9 Å². The Kier molecular flexibility index (Phi) is 5.22. The normalized spacial score (nSPS) is 23.4. The summed E-state index contributed by atoms with van der Waals surface area (Å²) in [5.41, 5.74) is 4.48. The number of aromatic nitrogens is 3. The Morgan fingerprint density at radius 3 is 2.68 bits per heavy atom. The van der Waals surface area contributed by atoms with E-state index in [4.69, 9.17) is 9.84 Å². The third kappa shape index (κ3) is 3.40. The van der Waals surface area contributed by atoms with Crippen LogP contribution in [0.25, 0.3) is 11.0 Å². The highest BCUT2D eigenvalue weighted by Crippen LogP contribution is 2.33. The summed E-state index contributed by atoms with van der Waals surface area (Å²) < 4.78 is 7.51. The number of nitrogens with zero attached hydrogens (tertiary/aromatic N) is 3. The highest BCUT2D eigenvalue weighted by Gasteiger charge is 2.28. The zero-order valence-electron chi connectivity index (χ0n) is 16.6. The van der Waals surface area contributed by atoms with E-state index < -0.39 is 0 Å². The van der Waals surface area contributed by atoms with Gasteiger partial charge in [-0.25, -0.2) is 4.68 Å². The molecule has 1 aliphatic carbocycles. The second kappa shape index (κ2) is 7.97. The van der Waals surface area contributed by atoms with E-state index in [1.165, 1.54) is 23.8 Å². The van der Waals surface area contributed by atoms with Crippen LogP contribution >= 0.6 is 0 Å². The van der Waals surface area contributed by atoms with E-state index in [0.29, 0.717) is 6.04 Å². The molecule has 152 valence electrons. The molecule has 4 heterocycles. The van der Waals surface area contributed by atoms with Crippen molar-refractivity contribution in [2.45, 2.75) is 57.5 Å². The van der Waals surface area contributed by atoms with E-state index in [-0.39, 0.29) is 5.56 Å². The van der Waals surface area contributed by atoms with Crippen molar-refractivity contribution in [1.29, 1.82) is 0 Å². The molecule has 7 heteroatoms. The Morgan fingerprint density at radius 2 is 1.89 bits per heavy atom. The van der Waals surface area contributed by atoms with Gasteiger partial charge in [-0.05, 0) is 57.1 Å². The minimum atomic E-state index is 0.0995. The molecule has 2 aromatic heterocycles. The molecule has 2 N–H and O–H groups in total. The van der Waals surface area contributed by atoms with E-state index in [1.54, 1.807) is 0 Å². The number of hydrogen-bond donors (Lipinski definition) is 2. The molecule has 7 nitrogen and oxygen atoms in total. The van der Waals surface area contributed by atoms with Crippen molar-refractivity contribution in [3.05, 3.63) is 27.2 Å². The SMILES string of the molecule is O=c1[nH]c2c(c(C3CCCN3)nn2CCCN2CCOCC2)c2c1CCCC2. The first-order chi connectivity index (χ1) is 13.8. The van der Waals surface area contributed by atoms with E-state index >= 15 is 0 Å². The fourth-order valence-corrected chi connectivity index (χ4v) is 5.11. The van der Waals surface area contributed by atoms with Gasteiger partial charge >= 0.3 is 0 Å². The van der Waals surface area contributed by atoms with Gasteiger partial charge in [0.25, 0.3) is 5.56 Å². The molecule has 1 unspecified atom stereocenters. The lowest BCUT2D eigenvalue weighted by Crippen LogP contribution is -2.37. The van der Waals surface area contributed by atoms with Gasteiger partial charge in [0.1, 0.15) is 5.65 Å². The lowest BCUT2D eigenvalue weighted by atomic mass is 9.89. The number of fused-ring (bicyclic) bond motifs is 3. The predicted molar refractivity (Wildman–Crippen MR) is 109 cm³/mol. The number of hydrogen-bond acceptors (Lipinski definition) is 5. The number of aromatic amines is 1. The topological polar surface area (TPSA) is 75.2 Å². The van der Waals surface area contributed by atoms with Crippen molar-refractivity contribution < 1.29 is 4.74 Å². The molecule has 0 spiro atoms. The molecule has 2 aromatic rings. The first-order valence-corrected chi connectivity index (χ1v) is 11.0. The van der Waals surface area contributed by atoms with Crippen molar-refractivity contribution in [2.75, 3.05) is 39.4 Å². The minimum absolute atomic E-state index is 0.0995. The zero-order chi connectivity index (χ0) is 18.9. The van der Waals surface area contributed by atoms with Crippen molar-refractivity contribution in [1.82, 2.24) is 25.0 Å². The Bertz CT molecular complexity index is 890. The molecule has 3 aliphatic rings. The number of ether oxygens (including phenoxy) is 1. The number of aryl methyl sites for hydroxylation is 2. The molecular weight excluding hydrogens is 354 g/mol. The summed E-state index contributed by atoms with van der Waals surface area (Å²) in [7, 11) is 0. The second-order valence-electron chi connectivity index (χ2n) is 8.41. The molecule has 0 saturated carbocycles. The van der Waals surface area contributed by atoms with Gasteiger partial charge in [0.15, 0.2) is 0 Å². The Morgan fingerprint density at radius 1 is 1.07 bits per heavy atom. The van der Waals surface area contributed by atoms with Crippen LogP contribution in [0.15, 0.2) is 4.79 Å². The standard InChI is InChI=1S/C21H31N5O2/c27-21-16-6-2-1-5-15(16)18-19(17-7-3-8-22-17)24-26(20(18)23-21)10-4-9-25-11-13-28-14-12-25/h17,22H,1-14H2,(H,23,27). The van der Waals surface area contributed by atoms with Crippen LogP contribution in [-0.4, -0.2) is 59.1 Å². The molecule has 5 rings (SSSR count). The molecule has 2 aliphatic heterocycles. The fourth-order valence-electron chi connectivity index (χ4n) is 5.11. The van der Waals surface area contributed by atoms with E-state index in [2.05, 4.69) is 19.9 Å². The van der Waals surface area contributed by atoms with Crippen LogP contribution < -0.4 is 10.9 Å². The third-order valence-corrected chi connectivity index (χ3v) is 6.59. The number of H-pyrrole nitrogens is 1. The number of pyridine rings is 1. The Labute approximate surface area is 165 Å². The predicted octanol–water partition coefficient (Wildman–Crippen LogP) is 1.75. The third-order valence-electron chi connectivity index (χ3n) is 6.59. The second-order valence-corrected chi connectivity index (χ2v) is 8.41. The quantitative estimate of drug-likeness (QED) is 0.820. The highest BCUT2D eigenvalue weighted by atomic mass is 16.5. The number of nitrogens with one attached hydrogen (secondary N) is 2. The summed E-state index contributed by atoms with van der Waals surface area (Å²) in [6.07, 6.45) is 7.57. The van der Waals surface area contributed by atoms with Gasteiger partial charge in [0.05, 0.1) is 24.9 Å². The summed E-state index contributed by atoms with van der Waals surface area (Å²) in [6, 6.07) is 0.319. The molecule has 0 aromatic carbocycles. The summed E-state index contributed by atoms with van der Waals surface area (Å²) in [4.78, 5) is 18.4. The average Bonchev–Trinajstić information content (AvgIpc) is 3.38. The number of morpholine rings is 1. The molecule has 1 atom stereocenters. The first-order valence-electron chi connectivity index (χ1n) is 11.0. The van der Waals surface area contributed by atoms with Crippen molar-refractivity contribution in [3.8, 4) is 0 Å². The monoisotopic (exact) mass is 385 g/mol. The highest BCUT2D eigenvalue weighted by molar-refractivity contribution is 5.84. The lowest BCUT2D eigenvalue weighted by Gasteiger charge is -2.26. The summed E-state index contributed by atoms with van der Waals surface area (Å²) in [5, 5.41) is 9.90. The van der Waals surface area contributed by atoms with E-state index in [9.17, 15) is 4.79 Å². The Balaban J connectivity index is 1.48. The maximum Gasteiger partial charge on any atom is 0.253 e. The molecular formula is C21H31N5O2. The molecule has 2 fully saturated rings. The van der Waals surface area contributed by atoms with Gasteiger partial charge in [-0.3, -0.25) is 9.69 Å². The van der Waals surface area contributed by atoms with Gasteiger partial charge in [-0.2, -0.15) is 5.10 Å².